The molecule has 4 nitrogen and oxygen atoms in total. The summed E-state index contributed by atoms with van der Waals surface area (Å²) in [6.07, 6.45) is 10.5. The second-order valence-electron chi connectivity index (χ2n) is 6.51. The second-order valence-corrected chi connectivity index (χ2v) is 6.51. The fourth-order valence-corrected chi connectivity index (χ4v) is 3.59. The molecule has 1 aliphatic carbocycles. The molecule has 0 aromatic rings. The molecule has 1 amide bonds. The first-order chi connectivity index (χ1) is 9.78. The molecule has 0 aromatic heterocycles. The number of likely N-dealkylation sites (N-methyl/N-ethyl adjacent to an activating group) is 1. The molecule has 0 aromatic carbocycles. The van der Waals surface area contributed by atoms with Crippen LogP contribution in [0, 0.1) is 5.92 Å². The van der Waals surface area contributed by atoms with Gasteiger partial charge >= 0.3 is 0 Å². The number of nitrogens with zero attached hydrogens (tertiary/aromatic N) is 1. The molecule has 116 valence electrons. The first-order valence-corrected chi connectivity index (χ1v) is 8.44. The van der Waals surface area contributed by atoms with Crippen LogP contribution in [0.15, 0.2) is 0 Å². The summed E-state index contributed by atoms with van der Waals surface area (Å²) in [4.78, 5) is 14.3. The fourth-order valence-electron chi connectivity index (χ4n) is 3.59. The van der Waals surface area contributed by atoms with Gasteiger partial charge in [0.25, 0.3) is 0 Å². The number of hydrogen-bond acceptors (Lipinski definition) is 3. The number of carbonyl (C=O) groups excluding carboxylic acids is 1. The molecule has 1 unspecified atom stereocenters. The Hall–Kier alpha value is -0.610. The van der Waals surface area contributed by atoms with E-state index in [0.29, 0.717) is 12.6 Å². The van der Waals surface area contributed by atoms with Crippen molar-refractivity contribution in [2.45, 2.75) is 57.4 Å². The molecule has 0 bridgehead atoms. The summed E-state index contributed by atoms with van der Waals surface area (Å²) in [6.45, 7) is 3.51. The monoisotopic (exact) mass is 281 g/mol. The van der Waals surface area contributed by atoms with Crippen LogP contribution in [-0.2, 0) is 4.79 Å². The number of rotatable bonds is 6. The maximum absolute atomic E-state index is 12.0. The lowest BCUT2D eigenvalue weighted by atomic mass is 9.87. The van der Waals surface area contributed by atoms with Gasteiger partial charge in [0.1, 0.15) is 0 Å². The third kappa shape index (κ3) is 5.41. The Morgan fingerprint density at radius 2 is 1.95 bits per heavy atom. The van der Waals surface area contributed by atoms with Gasteiger partial charge in [-0.1, -0.05) is 32.1 Å². The van der Waals surface area contributed by atoms with Crippen LogP contribution in [-0.4, -0.2) is 50.1 Å². The van der Waals surface area contributed by atoms with Crippen molar-refractivity contribution in [1.82, 2.24) is 15.5 Å². The molecule has 1 atom stereocenters. The molecule has 0 radical (unpaired) electrons. The predicted molar refractivity (Wildman–Crippen MR) is 82.7 cm³/mol. The van der Waals surface area contributed by atoms with Crippen molar-refractivity contribution in [3.05, 3.63) is 0 Å². The van der Waals surface area contributed by atoms with Gasteiger partial charge in [0, 0.05) is 19.1 Å². The summed E-state index contributed by atoms with van der Waals surface area (Å²) < 4.78 is 0. The largest absolute Gasteiger partial charge is 0.355 e. The molecule has 1 saturated heterocycles. The molecule has 20 heavy (non-hydrogen) atoms. The second kappa shape index (κ2) is 8.63. The molecular formula is C16H31N3O. The van der Waals surface area contributed by atoms with E-state index in [1.54, 1.807) is 0 Å². The number of likely N-dealkylation sites (tertiary alicyclic amines) is 1. The first kappa shape index (κ1) is 15.8. The summed E-state index contributed by atoms with van der Waals surface area (Å²) in [5, 5.41) is 6.43. The van der Waals surface area contributed by atoms with E-state index < -0.39 is 0 Å². The first-order valence-electron chi connectivity index (χ1n) is 8.44. The molecular weight excluding hydrogens is 250 g/mol. The van der Waals surface area contributed by atoms with Crippen molar-refractivity contribution in [1.29, 1.82) is 0 Å². The molecule has 2 rings (SSSR count). The number of amides is 1. The van der Waals surface area contributed by atoms with Gasteiger partial charge in [0.15, 0.2) is 0 Å². The van der Waals surface area contributed by atoms with Crippen molar-refractivity contribution < 1.29 is 4.79 Å². The number of hydrogen-bond donors (Lipinski definition) is 2. The number of piperidine rings is 1. The Morgan fingerprint density at radius 1 is 1.15 bits per heavy atom. The zero-order valence-electron chi connectivity index (χ0n) is 13.0. The maximum atomic E-state index is 12.0. The lowest BCUT2D eigenvalue weighted by molar-refractivity contribution is -0.122. The van der Waals surface area contributed by atoms with E-state index in [4.69, 9.17) is 0 Å². The Morgan fingerprint density at radius 3 is 2.70 bits per heavy atom. The maximum Gasteiger partial charge on any atom is 0.234 e. The lowest BCUT2D eigenvalue weighted by Gasteiger charge is -2.32. The minimum atomic E-state index is 0.206. The Labute approximate surface area is 123 Å². The van der Waals surface area contributed by atoms with Gasteiger partial charge in [0.05, 0.1) is 6.54 Å². The summed E-state index contributed by atoms with van der Waals surface area (Å²) in [6, 6.07) is 0.554. The molecule has 2 fully saturated rings. The normalized spacial score (nSPS) is 25.6. The molecule has 2 N–H and O–H groups in total. The number of carbonyl (C=O) groups is 1. The van der Waals surface area contributed by atoms with Gasteiger partial charge in [-0.15, -0.1) is 0 Å². The van der Waals surface area contributed by atoms with Crippen LogP contribution in [0.3, 0.4) is 0 Å². The van der Waals surface area contributed by atoms with E-state index in [2.05, 4.69) is 15.5 Å². The quantitative estimate of drug-likeness (QED) is 0.780. The van der Waals surface area contributed by atoms with E-state index >= 15 is 0 Å². The van der Waals surface area contributed by atoms with Crippen molar-refractivity contribution >= 4 is 5.91 Å². The van der Waals surface area contributed by atoms with Crippen LogP contribution in [0.2, 0.25) is 0 Å². The Balaban J connectivity index is 1.57. The summed E-state index contributed by atoms with van der Waals surface area (Å²) in [5.74, 6) is 1.06. The van der Waals surface area contributed by atoms with E-state index in [1.165, 1.54) is 51.4 Å². The highest BCUT2D eigenvalue weighted by Crippen LogP contribution is 2.25. The molecule has 1 aliphatic heterocycles. The van der Waals surface area contributed by atoms with Gasteiger partial charge in [-0.25, -0.2) is 0 Å². The third-order valence-electron chi connectivity index (χ3n) is 4.88. The highest BCUT2D eigenvalue weighted by Gasteiger charge is 2.20. The summed E-state index contributed by atoms with van der Waals surface area (Å²) >= 11 is 0. The Kier molecular flexibility index (Phi) is 6.80. The number of nitrogens with one attached hydrogen (secondary N) is 2. The van der Waals surface area contributed by atoms with E-state index in [9.17, 15) is 4.79 Å². The minimum absolute atomic E-state index is 0.206. The summed E-state index contributed by atoms with van der Waals surface area (Å²) in [7, 11) is 2.01. The third-order valence-corrected chi connectivity index (χ3v) is 4.88. The molecule has 1 heterocycles. The van der Waals surface area contributed by atoms with Crippen molar-refractivity contribution in [3.63, 3.8) is 0 Å². The SMILES string of the molecule is CNC1CCCN(CC(=O)NCCC2CCCCC2)C1. The van der Waals surface area contributed by atoms with E-state index in [-0.39, 0.29) is 5.91 Å². The van der Waals surface area contributed by atoms with Gasteiger partial charge in [-0.05, 0) is 38.8 Å². The van der Waals surface area contributed by atoms with Crippen LogP contribution in [0.5, 0.6) is 0 Å². The molecule has 0 spiro atoms. The fraction of sp³-hybridized carbons (Fsp3) is 0.938. The van der Waals surface area contributed by atoms with Crippen molar-refractivity contribution in [3.8, 4) is 0 Å². The topological polar surface area (TPSA) is 44.4 Å². The average molecular weight is 281 g/mol. The molecule has 2 aliphatic rings. The van der Waals surface area contributed by atoms with Gasteiger partial charge in [-0.3, -0.25) is 9.69 Å². The van der Waals surface area contributed by atoms with Gasteiger partial charge < -0.3 is 10.6 Å². The molecule has 4 heteroatoms. The highest BCUT2D eigenvalue weighted by atomic mass is 16.2. The zero-order chi connectivity index (χ0) is 14.2. The van der Waals surface area contributed by atoms with Crippen LogP contribution in [0.25, 0.3) is 0 Å². The average Bonchev–Trinajstić information content (AvgIpc) is 2.48. The van der Waals surface area contributed by atoms with E-state index in [0.717, 1.165) is 25.6 Å². The lowest BCUT2D eigenvalue weighted by Crippen LogP contribution is -2.48. The van der Waals surface area contributed by atoms with Crippen LogP contribution in [0.1, 0.15) is 51.4 Å². The predicted octanol–water partition coefficient (Wildman–Crippen LogP) is 1.76. The highest BCUT2D eigenvalue weighted by molar-refractivity contribution is 5.77. The smallest absolute Gasteiger partial charge is 0.234 e. The standard InChI is InChI=1S/C16H31N3O/c1-17-15-8-5-11-19(12-15)13-16(20)18-10-9-14-6-3-2-4-7-14/h14-15,17H,2-13H2,1H3,(H,18,20). The van der Waals surface area contributed by atoms with Crippen molar-refractivity contribution in [2.24, 2.45) is 5.92 Å². The van der Waals surface area contributed by atoms with Gasteiger partial charge in [-0.2, -0.15) is 0 Å². The van der Waals surface area contributed by atoms with Crippen molar-refractivity contribution in [2.75, 3.05) is 33.2 Å². The Bertz CT molecular complexity index is 289. The molecule has 1 saturated carbocycles. The minimum Gasteiger partial charge on any atom is -0.355 e. The zero-order valence-corrected chi connectivity index (χ0v) is 13.0. The van der Waals surface area contributed by atoms with Crippen LogP contribution >= 0.6 is 0 Å². The van der Waals surface area contributed by atoms with Crippen LogP contribution < -0.4 is 10.6 Å². The van der Waals surface area contributed by atoms with Gasteiger partial charge in [0.2, 0.25) is 5.91 Å². The summed E-state index contributed by atoms with van der Waals surface area (Å²) in [5.41, 5.74) is 0. The van der Waals surface area contributed by atoms with Crippen LogP contribution in [0.4, 0.5) is 0 Å². The van der Waals surface area contributed by atoms with E-state index in [1.807, 2.05) is 7.05 Å².